The average Bonchev–Trinajstić information content (AvgIpc) is 1.60. The molecule has 0 bridgehead atoms. The van der Waals surface area contributed by atoms with Crippen LogP contribution in [0.4, 0.5) is 0 Å². The van der Waals surface area contributed by atoms with Gasteiger partial charge in [-0.3, -0.25) is 0 Å². The minimum atomic E-state index is -4.28. The minimum Gasteiger partial charge on any atom is -0.475 e. The molecule has 0 aliphatic heterocycles. The summed E-state index contributed by atoms with van der Waals surface area (Å²) < 4.78 is 13.9. The summed E-state index contributed by atoms with van der Waals surface area (Å²) in [6.07, 6.45) is 0. The van der Waals surface area contributed by atoms with Gasteiger partial charge in [0.15, 0.2) is 0 Å². The summed E-state index contributed by atoms with van der Waals surface area (Å²) >= 11 is 4.64. The second kappa shape index (κ2) is 3.05. The minimum absolute atomic E-state index is 0.860. The predicted octanol–water partition coefficient (Wildman–Crippen LogP) is 0.940. The first-order valence-corrected chi connectivity index (χ1v) is 4.45. The molecule has 10 heavy (non-hydrogen) atoms. The molecule has 0 aromatic heterocycles. The highest BCUT2D eigenvalue weighted by Crippen LogP contribution is 2.49. The van der Waals surface area contributed by atoms with Crippen molar-refractivity contribution in [3.8, 4) is 0 Å². The molecular weight excluding hydrogens is 182 g/mol. The number of carbonyl (C=O) groups is 1. The van der Waals surface area contributed by atoms with E-state index in [0.29, 0.717) is 0 Å². The highest BCUT2D eigenvalue weighted by molar-refractivity contribution is 7.80. The van der Waals surface area contributed by atoms with Crippen molar-refractivity contribution in [2.75, 3.05) is 0 Å². The second-order valence-corrected chi connectivity index (χ2v) is 3.64. The Balaban J connectivity index is 4.07. The van der Waals surface area contributed by atoms with Crippen LogP contribution in [0.5, 0.6) is 0 Å². The Hall–Kier alpha value is -0.510. The molecule has 0 aliphatic rings. The maximum absolute atomic E-state index is 10.1. The summed E-state index contributed by atoms with van der Waals surface area (Å²) in [5, 5.41) is 8.03. The van der Waals surface area contributed by atoms with E-state index in [0.717, 1.165) is 0 Å². The van der Waals surface area contributed by atoms with Crippen LogP contribution in [0.15, 0.2) is 12.3 Å². The number of rotatable bonds is 3. The lowest BCUT2D eigenvalue weighted by Gasteiger charge is -2.03. The smallest absolute Gasteiger partial charge is 0.474 e. The average molecular weight is 186 g/mol. The number of carboxylic acid groups (broad SMARTS) is 1. The second-order valence-electron chi connectivity index (χ2n) is 1.27. The van der Waals surface area contributed by atoms with Gasteiger partial charge in [0, 0.05) is 11.2 Å². The fourth-order valence-electron chi connectivity index (χ4n) is 0.175. The van der Waals surface area contributed by atoms with Crippen molar-refractivity contribution in [2.24, 2.45) is 0 Å². The number of aliphatic carboxylic acids is 1. The van der Waals surface area contributed by atoms with E-state index in [9.17, 15) is 9.36 Å². The molecule has 0 amide bonds. The molecule has 0 spiro atoms. The van der Waals surface area contributed by atoms with E-state index in [4.69, 9.17) is 10.00 Å². The Morgan fingerprint density at radius 1 is 1.70 bits per heavy atom. The first-order valence-electron chi connectivity index (χ1n) is 1.97. The van der Waals surface area contributed by atoms with Crippen LogP contribution in [-0.4, -0.2) is 16.0 Å². The fourth-order valence-corrected chi connectivity index (χ4v) is 0.775. The van der Waals surface area contributed by atoms with Gasteiger partial charge in [0.1, 0.15) is 0 Å². The molecule has 0 fully saturated rings. The lowest BCUT2D eigenvalue weighted by atomic mass is 10.6. The molecule has 0 radical (unpaired) electrons. The van der Waals surface area contributed by atoms with Gasteiger partial charge in [-0.2, -0.15) is 0 Å². The van der Waals surface area contributed by atoms with Crippen LogP contribution in [0.25, 0.3) is 0 Å². The third-order valence-electron chi connectivity index (χ3n) is 0.461. The Bertz CT molecular complexity index is 205. The molecule has 0 saturated carbocycles. The van der Waals surface area contributed by atoms with Crippen molar-refractivity contribution in [3.63, 3.8) is 0 Å². The van der Waals surface area contributed by atoms with Crippen molar-refractivity contribution in [2.45, 2.75) is 0 Å². The summed E-state index contributed by atoms with van der Waals surface area (Å²) in [7, 11) is 0. The maximum Gasteiger partial charge on any atom is 0.474 e. The van der Waals surface area contributed by atoms with E-state index < -0.39 is 18.7 Å². The number of carboxylic acids is 1. The molecule has 0 aliphatic carbocycles. The van der Waals surface area contributed by atoms with Crippen LogP contribution in [-0.2, 0) is 13.9 Å². The molecule has 0 aromatic rings. The molecule has 2 N–H and O–H groups in total. The van der Waals surface area contributed by atoms with Crippen LogP contribution < -0.4 is 0 Å². The third-order valence-corrected chi connectivity index (χ3v) is 1.11. The van der Waals surface area contributed by atoms with Gasteiger partial charge in [-0.05, 0) is 6.58 Å². The molecule has 5 nitrogen and oxygen atoms in total. The van der Waals surface area contributed by atoms with Crippen LogP contribution in [0, 0.1) is 0 Å². The van der Waals surface area contributed by atoms with E-state index in [2.05, 4.69) is 22.3 Å². The molecule has 1 atom stereocenters. The van der Waals surface area contributed by atoms with Gasteiger partial charge in [-0.1, -0.05) is 0 Å². The number of halogens is 1. The van der Waals surface area contributed by atoms with Crippen molar-refractivity contribution < 1.29 is 23.9 Å². The molecule has 0 rings (SSSR count). The summed E-state index contributed by atoms with van der Waals surface area (Å²) in [6.45, 7) is -1.48. The van der Waals surface area contributed by atoms with E-state index >= 15 is 0 Å². The van der Waals surface area contributed by atoms with Crippen molar-refractivity contribution in [3.05, 3.63) is 12.3 Å². The lowest BCUT2D eigenvalue weighted by molar-refractivity contribution is -0.135. The lowest BCUT2D eigenvalue weighted by Crippen LogP contribution is -2.00. The summed E-state index contributed by atoms with van der Waals surface area (Å²) in [6, 6.07) is 0. The molecule has 0 aromatic carbocycles. The van der Waals surface area contributed by atoms with Crippen LogP contribution >= 0.6 is 18.2 Å². The van der Waals surface area contributed by atoms with Crippen molar-refractivity contribution in [1.29, 1.82) is 0 Å². The van der Waals surface area contributed by atoms with Gasteiger partial charge in [0.25, 0.3) is 0 Å². The zero-order valence-electron chi connectivity index (χ0n) is 4.65. The SMILES string of the molecule is C=C(OP(=O)(O)Cl)C(=O)O. The normalized spacial score (nSPS) is 15.4. The van der Waals surface area contributed by atoms with E-state index in [-0.39, 0.29) is 0 Å². The zero-order chi connectivity index (χ0) is 8.36. The van der Waals surface area contributed by atoms with E-state index in [1.165, 1.54) is 0 Å². The van der Waals surface area contributed by atoms with E-state index in [1.807, 2.05) is 0 Å². The molecule has 7 heteroatoms. The first-order chi connectivity index (χ1) is 4.33. The molecule has 0 saturated heterocycles. The monoisotopic (exact) mass is 186 g/mol. The van der Waals surface area contributed by atoms with Crippen LogP contribution in [0.2, 0.25) is 0 Å². The molecule has 1 unspecified atom stereocenters. The maximum atomic E-state index is 10.1. The number of hydrogen-bond donors (Lipinski definition) is 2. The standard InChI is InChI=1S/C3H4ClO5P/c1-2(3(5)6)9-10(4,7)8/h1H2,(H,5,6)(H,7,8). The zero-order valence-corrected chi connectivity index (χ0v) is 6.30. The Morgan fingerprint density at radius 2 is 2.10 bits per heavy atom. The Labute approximate surface area is 61.2 Å². The molecule has 0 heterocycles. The van der Waals surface area contributed by atoms with Crippen molar-refractivity contribution >= 4 is 24.2 Å². The quantitative estimate of drug-likeness (QED) is 0.389. The van der Waals surface area contributed by atoms with Crippen molar-refractivity contribution in [1.82, 2.24) is 0 Å². The molecular formula is C3H4ClO5P. The van der Waals surface area contributed by atoms with Crippen LogP contribution in [0.1, 0.15) is 0 Å². The summed E-state index contributed by atoms with van der Waals surface area (Å²) in [4.78, 5) is 18.1. The topological polar surface area (TPSA) is 83.8 Å². The Morgan fingerprint density at radius 3 is 2.20 bits per heavy atom. The van der Waals surface area contributed by atoms with Gasteiger partial charge < -0.3 is 14.5 Å². The largest absolute Gasteiger partial charge is 0.475 e. The van der Waals surface area contributed by atoms with Gasteiger partial charge in [0.05, 0.1) is 0 Å². The van der Waals surface area contributed by atoms with Gasteiger partial charge in [-0.15, -0.1) is 0 Å². The van der Waals surface area contributed by atoms with E-state index in [1.54, 1.807) is 0 Å². The first kappa shape index (κ1) is 9.49. The predicted molar refractivity (Wildman–Crippen MR) is 33.5 cm³/mol. The van der Waals surface area contributed by atoms with Gasteiger partial charge in [-0.25, -0.2) is 9.36 Å². The fraction of sp³-hybridized carbons (Fsp3) is 0. The Kier molecular flexibility index (Phi) is 2.90. The summed E-state index contributed by atoms with van der Waals surface area (Å²) in [5.41, 5.74) is 0. The van der Waals surface area contributed by atoms with Crippen LogP contribution in [0.3, 0.4) is 0 Å². The number of hydrogen-bond acceptors (Lipinski definition) is 3. The third kappa shape index (κ3) is 4.38. The van der Waals surface area contributed by atoms with Gasteiger partial charge in [0.2, 0.25) is 5.76 Å². The van der Waals surface area contributed by atoms with Gasteiger partial charge >= 0.3 is 12.9 Å². The highest BCUT2D eigenvalue weighted by Gasteiger charge is 2.19. The summed E-state index contributed by atoms with van der Waals surface area (Å²) in [5.74, 6) is -2.39. The highest BCUT2D eigenvalue weighted by atomic mass is 35.7. The molecule has 58 valence electrons.